The van der Waals surface area contributed by atoms with Crippen LogP contribution in [0.25, 0.3) is 0 Å². The quantitative estimate of drug-likeness (QED) is 0.598. The zero-order chi connectivity index (χ0) is 6.69. The number of rotatable bonds is 3. The molecule has 1 heterocycles. The van der Waals surface area contributed by atoms with E-state index >= 15 is 0 Å². The summed E-state index contributed by atoms with van der Waals surface area (Å²) in [5, 5.41) is 9.15. The number of aliphatic hydroxyl groups excluding tert-OH is 1. The molecular formula is C7H15NO. The van der Waals surface area contributed by atoms with E-state index in [-0.39, 0.29) is 6.10 Å². The Hall–Kier alpha value is -0.0800. The van der Waals surface area contributed by atoms with Gasteiger partial charge in [-0.15, -0.1) is 0 Å². The molecule has 0 aromatic rings. The zero-order valence-corrected chi connectivity index (χ0v) is 6.01. The highest BCUT2D eigenvalue weighted by molar-refractivity contribution is 4.71. The summed E-state index contributed by atoms with van der Waals surface area (Å²) in [5.74, 6) is 0. The molecule has 1 N–H and O–H groups in total. The van der Waals surface area contributed by atoms with Crippen molar-refractivity contribution >= 4 is 0 Å². The van der Waals surface area contributed by atoms with Gasteiger partial charge in [-0.2, -0.15) is 0 Å². The van der Waals surface area contributed by atoms with Crippen LogP contribution < -0.4 is 0 Å². The second kappa shape index (κ2) is 3.18. The average molecular weight is 129 g/mol. The Bertz CT molecular complexity index is 78.2. The summed E-state index contributed by atoms with van der Waals surface area (Å²) >= 11 is 0. The van der Waals surface area contributed by atoms with Gasteiger partial charge in [0.15, 0.2) is 0 Å². The van der Waals surface area contributed by atoms with Crippen LogP contribution in [0.3, 0.4) is 0 Å². The molecular weight excluding hydrogens is 114 g/mol. The van der Waals surface area contributed by atoms with Crippen LogP contribution in [0.4, 0.5) is 0 Å². The van der Waals surface area contributed by atoms with Gasteiger partial charge >= 0.3 is 0 Å². The predicted molar refractivity (Wildman–Crippen MR) is 37.4 cm³/mol. The van der Waals surface area contributed by atoms with E-state index < -0.39 is 0 Å². The first kappa shape index (κ1) is 7.03. The molecule has 2 nitrogen and oxygen atoms in total. The topological polar surface area (TPSA) is 23.5 Å². The van der Waals surface area contributed by atoms with Crippen LogP contribution >= 0.6 is 0 Å². The van der Waals surface area contributed by atoms with Gasteiger partial charge in [-0.25, -0.2) is 0 Å². The van der Waals surface area contributed by atoms with E-state index in [4.69, 9.17) is 5.11 Å². The number of hydrogen-bond donors (Lipinski definition) is 1. The third kappa shape index (κ3) is 1.95. The van der Waals surface area contributed by atoms with E-state index in [1.807, 2.05) is 6.92 Å². The number of aliphatic hydroxyl groups is 1. The summed E-state index contributed by atoms with van der Waals surface area (Å²) in [5.41, 5.74) is 0. The lowest BCUT2D eigenvalue weighted by Crippen LogP contribution is -2.41. The Balaban J connectivity index is 2.01. The van der Waals surface area contributed by atoms with Crippen LogP contribution in [-0.2, 0) is 0 Å². The summed E-state index contributed by atoms with van der Waals surface area (Å²) in [6.07, 6.45) is 2.11. The van der Waals surface area contributed by atoms with Crippen molar-refractivity contribution in [1.82, 2.24) is 4.90 Å². The van der Waals surface area contributed by atoms with Crippen LogP contribution in [0.1, 0.15) is 19.8 Å². The van der Waals surface area contributed by atoms with Crippen molar-refractivity contribution in [3.8, 4) is 0 Å². The molecule has 1 saturated heterocycles. The summed E-state index contributed by atoms with van der Waals surface area (Å²) < 4.78 is 0. The molecule has 0 unspecified atom stereocenters. The van der Waals surface area contributed by atoms with E-state index in [1.54, 1.807) is 0 Å². The van der Waals surface area contributed by atoms with Crippen LogP contribution in [0.5, 0.6) is 0 Å². The number of nitrogens with zero attached hydrogens (tertiary/aromatic N) is 1. The highest BCUT2D eigenvalue weighted by atomic mass is 16.3. The second-order valence-electron chi connectivity index (χ2n) is 2.72. The molecule has 0 aromatic carbocycles. The lowest BCUT2D eigenvalue weighted by atomic mass is 10.2. The maximum absolute atomic E-state index is 9.15. The first-order chi connectivity index (χ1) is 4.33. The smallest absolute Gasteiger partial charge is 0.0664 e. The van der Waals surface area contributed by atoms with Crippen molar-refractivity contribution in [2.75, 3.05) is 19.6 Å². The molecule has 0 amide bonds. The molecule has 0 spiro atoms. The molecule has 0 bridgehead atoms. The Labute approximate surface area is 56.5 Å². The van der Waals surface area contributed by atoms with Crippen molar-refractivity contribution in [3.05, 3.63) is 0 Å². The van der Waals surface area contributed by atoms with Crippen LogP contribution in [0.15, 0.2) is 0 Å². The minimum atomic E-state index is -0.0923. The van der Waals surface area contributed by atoms with Crippen molar-refractivity contribution in [3.63, 3.8) is 0 Å². The van der Waals surface area contributed by atoms with Gasteiger partial charge in [0.25, 0.3) is 0 Å². The fraction of sp³-hybridized carbons (Fsp3) is 1.00. The standard InChI is InChI=1S/C7H15NO/c1-2-7(9)6-8-4-3-5-8/h7,9H,2-6H2,1H3/t7-/m1/s1. The molecule has 1 atom stereocenters. The van der Waals surface area contributed by atoms with Gasteiger partial charge in [-0.1, -0.05) is 6.92 Å². The summed E-state index contributed by atoms with van der Waals surface area (Å²) in [6, 6.07) is 0. The first-order valence-corrected chi connectivity index (χ1v) is 3.73. The van der Waals surface area contributed by atoms with Gasteiger partial charge in [0.05, 0.1) is 6.10 Å². The predicted octanol–water partition coefficient (Wildman–Crippen LogP) is 0.463. The maximum Gasteiger partial charge on any atom is 0.0664 e. The van der Waals surface area contributed by atoms with Crippen molar-refractivity contribution in [2.24, 2.45) is 0 Å². The molecule has 2 heteroatoms. The minimum Gasteiger partial charge on any atom is -0.392 e. The minimum absolute atomic E-state index is 0.0923. The monoisotopic (exact) mass is 129 g/mol. The van der Waals surface area contributed by atoms with Crippen molar-refractivity contribution in [2.45, 2.75) is 25.9 Å². The summed E-state index contributed by atoms with van der Waals surface area (Å²) in [4.78, 5) is 2.29. The van der Waals surface area contributed by atoms with E-state index in [2.05, 4.69) is 4.90 Å². The van der Waals surface area contributed by atoms with Gasteiger partial charge < -0.3 is 10.0 Å². The lowest BCUT2D eigenvalue weighted by molar-refractivity contribution is 0.0767. The fourth-order valence-corrected chi connectivity index (χ4v) is 0.991. The maximum atomic E-state index is 9.15. The summed E-state index contributed by atoms with van der Waals surface area (Å²) in [6.45, 7) is 5.29. The van der Waals surface area contributed by atoms with E-state index in [0.29, 0.717) is 0 Å². The Morgan fingerprint density at radius 3 is 2.56 bits per heavy atom. The Morgan fingerprint density at radius 1 is 1.56 bits per heavy atom. The molecule has 1 aliphatic rings. The first-order valence-electron chi connectivity index (χ1n) is 3.73. The highest BCUT2D eigenvalue weighted by Crippen LogP contribution is 2.06. The third-order valence-corrected chi connectivity index (χ3v) is 1.89. The normalized spacial score (nSPS) is 23.3. The lowest BCUT2D eigenvalue weighted by Gasteiger charge is -2.32. The number of hydrogen-bond acceptors (Lipinski definition) is 2. The molecule has 0 radical (unpaired) electrons. The van der Waals surface area contributed by atoms with Gasteiger partial charge in [-0.3, -0.25) is 0 Å². The van der Waals surface area contributed by atoms with Gasteiger partial charge in [0, 0.05) is 6.54 Å². The summed E-state index contributed by atoms with van der Waals surface area (Å²) in [7, 11) is 0. The van der Waals surface area contributed by atoms with Crippen molar-refractivity contribution in [1.29, 1.82) is 0 Å². The molecule has 1 aliphatic heterocycles. The van der Waals surface area contributed by atoms with Crippen LogP contribution in [0.2, 0.25) is 0 Å². The van der Waals surface area contributed by atoms with Crippen molar-refractivity contribution < 1.29 is 5.11 Å². The second-order valence-corrected chi connectivity index (χ2v) is 2.72. The SMILES string of the molecule is CC[C@@H](O)CN1CCC1. The molecule has 0 aromatic heterocycles. The Kier molecular flexibility index (Phi) is 2.49. The fourth-order valence-electron chi connectivity index (χ4n) is 0.991. The molecule has 0 saturated carbocycles. The van der Waals surface area contributed by atoms with Gasteiger partial charge in [0.2, 0.25) is 0 Å². The third-order valence-electron chi connectivity index (χ3n) is 1.89. The van der Waals surface area contributed by atoms with Crippen LogP contribution in [-0.4, -0.2) is 35.7 Å². The molecule has 1 fully saturated rings. The highest BCUT2D eigenvalue weighted by Gasteiger charge is 2.15. The molecule has 1 rings (SSSR count). The van der Waals surface area contributed by atoms with Crippen LogP contribution in [0, 0.1) is 0 Å². The molecule has 54 valence electrons. The van der Waals surface area contributed by atoms with E-state index in [9.17, 15) is 0 Å². The largest absolute Gasteiger partial charge is 0.392 e. The molecule has 0 aliphatic carbocycles. The molecule has 9 heavy (non-hydrogen) atoms. The van der Waals surface area contributed by atoms with E-state index in [0.717, 1.165) is 13.0 Å². The number of likely N-dealkylation sites (tertiary alicyclic amines) is 1. The van der Waals surface area contributed by atoms with Gasteiger partial charge in [0.1, 0.15) is 0 Å². The van der Waals surface area contributed by atoms with Gasteiger partial charge in [-0.05, 0) is 25.9 Å². The van der Waals surface area contributed by atoms with E-state index in [1.165, 1.54) is 19.5 Å². The average Bonchev–Trinajstić information content (AvgIpc) is 1.78. The zero-order valence-electron chi connectivity index (χ0n) is 6.01. The Morgan fingerprint density at radius 2 is 2.22 bits per heavy atom. The number of β-amino-alcohol motifs (C(OH)–C–C–N with tert-alkyl or cyclic N) is 1.